The number of ether oxygens (including phenoxy) is 1. The Morgan fingerprint density at radius 3 is 2.35 bits per heavy atom. The predicted octanol–water partition coefficient (Wildman–Crippen LogP) is 5.23. The van der Waals surface area contributed by atoms with Gasteiger partial charge >= 0.3 is 0 Å². The number of benzene rings is 1. The van der Waals surface area contributed by atoms with E-state index in [1.807, 2.05) is 57.0 Å². The van der Waals surface area contributed by atoms with Gasteiger partial charge in [-0.25, -0.2) is 9.97 Å². The average molecular weight is 680 g/mol. The number of nitrogens with zero attached hydrogens (tertiary/aromatic N) is 4. The number of aromatic nitrogens is 2. The first-order valence-electron chi connectivity index (χ1n) is 18.1. The number of ketones is 1. The van der Waals surface area contributed by atoms with Gasteiger partial charge in [0.15, 0.2) is 0 Å². The molecule has 1 aliphatic heterocycles. The fourth-order valence-electron chi connectivity index (χ4n) is 7.52. The molecule has 1 aromatic carbocycles. The number of likely N-dealkylation sites (tertiary alicyclic amines) is 1. The van der Waals surface area contributed by atoms with Gasteiger partial charge in [0.05, 0.1) is 18.6 Å². The fourth-order valence-corrected chi connectivity index (χ4v) is 7.52. The summed E-state index contributed by atoms with van der Waals surface area (Å²) in [5.41, 5.74) is 7.60. The van der Waals surface area contributed by atoms with Crippen LogP contribution in [0.4, 0.5) is 5.69 Å². The van der Waals surface area contributed by atoms with E-state index >= 15 is 0 Å². The van der Waals surface area contributed by atoms with Crippen molar-refractivity contribution in [3.8, 4) is 0 Å². The number of carbonyl (C=O) groups excluding carboxylic acids is 3. The molecule has 1 aliphatic rings. The van der Waals surface area contributed by atoms with Crippen molar-refractivity contribution < 1.29 is 24.2 Å². The highest BCUT2D eigenvalue weighted by atomic mass is 16.5. The number of hydrogen-bond donors (Lipinski definition) is 2. The zero-order valence-electron chi connectivity index (χ0n) is 31.0. The van der Waals surface area contributed by atoms with E-state index in [9.17, 15) is 19.5 Å². The highest BCUT2D eigenvalue weighted by Gasteiger charge is 2.41. The van der Waals surface area contributed by atoms with E-state index in [1.54, 1.807) is 30.5 Å². The number of methoxy groups -OCH3 is 1. The summed E-state index contributed by atoms with van der Waals surface area (Å²) in [6.45, 7) is 12.8. The van der Waals surface area contributed by atoms with Crippen LogP contribution in [0.15, 0.2) is 42.7 Å². The summed E-state index contributed by atoms with van der Waals surface area (Å²) in [6, 6.07) is 8.95. The van der Waals surface area contributed by atoms with E-state index < -0.39 is 6.10 Å². The van der Waals surface area contributed by atoms with E-state index in [4.69, 9.17) is 10.5 Å². The van der Waals surface area contributed by atoms with Crippen molar-refractivity contribution in [1.82, 2.24) is 19.8 Å². The summed E-state index contributed by atoms with van der Waals surface area (Å²) in [5, 5.41) is 10.1. The first-order chi connectivity index (χ1) is 23.3. The molecule has 0 aliphatic carbocycles. The molecule has 3 rings (SSSR count). The molecule has 1 fully saturated rings. The molecule has 2 aromatic rings. The highest BCUT2D eigenvalue weighted by Crippen LogP contribution is 2.33. The molecule has 1 aromatic heterocycles. The second-order valence-corrected chi connectivity index (χ2v) is 14.6. The normalized spacial score (nSPS) is 19.1. The Morgan fingerprint density at radius 2 is 1.76 bits per heavy atom. The zero-order valence-corrected chi connectivity index (χ0v) is 31.0. The van der Waals surface area contributed by atoms with Crippen LogP contribution in [0.5, 0.6) is 0 Å². The molecule has 0 saturated carbocycles. The quantitative estimate of drug-likeness (QED) is 0.193. The topological polar surface area (TPSA) is 139 Å². The summed E-state index contributed by atoms with van der Waals surface area (Å²) < 4.78 is 6.04. The summed E-state index contributed by atoms with van der Waals surface area (Å²) in [4.78, 5) is 54.1. The molecule has 0 radical (unpaired) electrons. The van der Waals surface area contributed by atoms with Gasteiger partial charge in [-0.15, -0.1) is 0 Å². The lowest BCUT2D eigenvalue weighted by molar-refractivity contribution is -0.147. The smallest absolute Gasteiger partial charge is 0.226 e. The minimum absolute atomic E-state index is 0.000763. The van der Waals surface area contributed by atoms with E-state index in [1.165, 1.54) is 0 Å². The zero-order chi connectivity index (χ0) is 36.2. The summed E-state index contributed by atoms with van der Waals surface area (Å²) in [6.07, 6.45) is 6.86. The van der Waals surface area contributed by atoms with Gasteiger partial charge in [-0.2, -0.15) is 0 Å². The first kappa shape index (κ1) is 40.1. The van der Waals surface area contributed by atoms with Crippen LogP contribution in [0.1, 0.15) is 85.0 Å². The summed E-state index contributed by atoms with van der Waals surface area (Å²) >= 11 is 0. The number of Topliss-reactive ketones (excluding diaryl/α,β-unsaturated/α-hetero) is 1. The lowest BCUT2D eigenvalue weighted by atomic mass is 9.81. The Morgan fingerprint density at radius 1 is 1.06 bits per heavy atom. The van der Waals surface area contributed by atoms with E-state index in [2.05, 4.69) is 30.7 Å². The summed E-state index contributed by atoms with van der Waals surface area (Å²) in [7, 11) is 3.45. The Bertz CT molecular complexity index is 1340. The molecule has 1 saturated heterocycles. The molecule has 2 amide bonds. The van der Waals surface area contributed by atoms with Gasteiger partial charge in [0.25, 0.3) is 0 Å². The molecule has 2 heterocycles. The maximum atomic E-state index is 14.1. The van der Waals surface area contributed by atoms with Gasteiger partial charge in [-0.3, -0.25) is 14.4 Å². The Balaban J connectivity index is 1.71. The maximum Gasteiger partial charge on any atom is 0.226 e. The molecule has 0 bridgehead atoms. The third-order valence-corrected chi connectivity index (χ3v) is 11.0. The number of anilines is 1. The van der Waals surface area contributed by atoms with Crippen LogP contribution < -0.4 is 5.73 Å². The van der Waals surface area contributed by atoms with Gasteiger partial charge < -0.3 is 25.4 Å². The summed E-state index contributed by atoms with van der Waals surface area (Å²) in [5.74, 6) is 0.0520. The van der Waals surface area contributed by atoms with Crippen molar-refractivity contribution in [3.05, 3.63) is 54.1 Å². The van der Waals surface area contributed by atoms with Gasteiger partial charge in [0, 0.05) is 76.1 Å². The second-order valence-electron chi connectivity index (χ2n) is 14.6. The second kappa shape index (κ2) is 19.1. The van der Waals surface area contributed by atoms with Crippen LogP contribution in [0.2, 0.25) is 0 Å². The third kappa shape index (κ3) is 10.8. The van der Waals surface area contributed by atoms with Gasteiger partial charge in [0.2, 0.25) is 11.8 Å². The Hall–Kier alpha value is -3.37. The SMILES string of the molecule is CC[C@H](C)[C@@H]([C@@H](CC(=O)N1CCC[C@H]1[C@H](C)[C@@H](C)C(=O)C[C@H](CO)Cc1cccc(N)c1)OC)N(C)C(=O)[C@@H](Cc1ncccn1)C(C)C. The minimum Gasteiger partial charge on any atom is -0.399 e. The number of aliphatic hydroxyl groups excluding tert-OH is 1. The molecule has 10 heteroatoms. The number of rotatable bonds is 19. The number of nitrogens with two attached hydrogens (primary N) is 1. The van der Waals surface area contributed by atoms with Crippen molar-refractivity contribution in [2.45, 2.75) is 105 Å². The molecular weight excluding hydrogens is 618 g/mol. The minimum atomic E-state index is -0.495. The molecular formula is C39H61N5O5. The standard InChI is InChI=1S/C39H61N5O5/c1-9-26(4)38(43(7)39(48)32(25(2)3)22-36-41-16-12-17-42-36)35(49-8)23-37(47)44-18-11-15-33(44)27(5)28(6)34(46)21-30(24-45)19-29-13-10-14-31(40)20-29/h10,12-14,16-17,20,25-28,30,32-33,35,38,45H,9,11,15,18-19,21-24,40H2,1-8H3/t26-,27+,28+,30+,32-,33-,35+,38-/m0/s1. The number of likely N-dealkylation sites (N-methyl/N-ethyl adjacent to an activating group) is 1. The number of carbonyl (C=O) groups is 3. The first-order valence-corrected chi connectivity index (χ1v) is 18.1. The van der Waals surface area contributed by atoms with Crippen molar-refractivity contribution in [2.24, 2.45) is 35.5 Å². The molecule has 0 spiro atoms. The lowest BCUT2D eigenvalue weighted by Gasteiger charge is -2.40. The van der Waals surface area contributed by atoms with E-state index in [0.29, 0.717) is 30.9 Å². The number of aliphatic hydroxyl groups is 1. The number of amides is 2. The highest BCUT2D eigenvalue weighted by molar-refractivity contribution is 5.82. The number of nitrogen functional groups attached to an aromatic ring is 1. The van der Waals surface area contributed by atoms with Crippen LogP contribution in [0.25, 0.3) is 0 Å². The maximum absolute atomic E-state index is 14.1. The molecule has 10 nitrogen and oxygen atoms in total. The van der Waals surface area contributed by atoms with E-state index in [-0.39, 0.29) is 84.6 Å². The molecule has 272 valence electrons. The van der Waals surface area contributed by atoms with Gasteiger partial charge in [0.1, 0.15) is 11.6 Å². The molecule has 8 atom stereocenters. The fraction of sp³-hybridized carbons (Fsp3) is 0.667. The van der Waals surface area contributed by atoms with Gasteiger partial charge in [-0.1, -0.05) is 60.1 Å². The van der Waals surface area contributed by atoms with Crippen LogP contribution in [0.3, 0.4) is 0 Å². The van der Waals surface area contributed by atoms with Crippen LogP contribution in [-0.2, 0) is 32.0 Å². The van der Waals surface area contributed by atoms with Crippen molar-refractivity contribution in [3.63, 3.8) is 0 Å². The molecule has 0 unspecified atom stereocenters. The van der Waals surface area contributed by atoms with Crippen molar-refractivity contribution in [1.29, 1.82) is 0 Å². The molecule has 49 heavy (non-hydrogen) atoms. The average Bonchev–Trinajstić information content (AvgIpc) is 3.59. The van der Waals surface area contributed by atoms with Crippen LogP contribution >= 0.6 is 0 Å². The number of hydrogen-bond acceptors (Lipinski definition) is 8. The third-order valence-electron chi connectivity index (χ3n) is 11.0. The Kier molecular flexibility index (Phi) is 15.6. The predicted molar refractivity (Wildman–Crippen MR) is 193 cm³/mol. The lowest BCUT2D eigenvalue weighted by Crippen LogP contribution is -2.53. The van der Waals surface area contributed by atoms with Crippen molar-refractivity contribution in [2.75, 3.05) is 33.0 Å². The Labute approximate surface area is 294 Å². The monoisotopic (exact) mass is 679 g/mol. The van der Waals surface area contributed by atoms with E-state index in [0.717, 1.165) is 24.8 Å². The molecule has 3 N–H and O–H groups in total. The van der Waals surface area contributed by atoms with Crippen LogP contribution in [0, 0.1) is 35.5 Å². The van der Waals surface area contributed by atoms with Crippen LogP contribution in [-0.4, -0.2) is 88.0 Å². The van der Waals surface area contributed by atoms with Crippen molar-refractivity contribution >= 4 is 23.3 Å². The largest absolute Gasteiger partial charge is 0.399 e. The van der Waals surface area contributed by atoms with Gasteiger partial charge in [-0.05, 0) is 66.7 Å².